The van der Waals surface area contributed by atoms with Crippen LogP contribution in [0.4, 0.5) is 4.39 Å². The Bertz CT molecular complexity index is 197. The fourth-order valence-corrected chi connectivity index (χ4v) is 1.84. The Labute approximate surface area is 72.0 Å². The van der Waals surface area contributed by atoms with Gasteiger partial charge in [-0.2, -0.15) is 0 Å². The summed E-state index contributed by atoms with van der Waals surface area (Å²) in [6.07, 6.45) is 0. The van der Waals surface area contributed by atoms with Crippen molar-refractivity contribution in [2.45, 2.75) is 4.90 Å². The summed E-state index contributed by atoms with van der Waals surface area (Å²) in [7, 11) is 0. The van der Waals surface area contributed by atoms with Crippen LogP contribution < -0.4 is 0 Å². The molecule has 0 amide bonds. The van der Waals surface area contributed by atoms with Gasteiger partial charge in [-0.3, -0.25) is 0 Å². The standard InChI is InChI=1S/C7H6BrFS/c8-5-10-7-3-1-6(9)2-4-7/h1-4H,5H2. The zero-order chi connectivity index (χ0) is 7.40. The van der Waals surface area contributed by atoms with E-state index in [0.29, 0.717) is 0 Å². The van der Waals surface area contributed by atoms with E-state index in [1.807, 2.05) is 0 Å². The molecule has 0 bridgehead atoms. The van der Waals surface area contributed by atoms with Crippen molar-refractivity contribution in [2.75, 3.05) is 4.66 Å². The third-order valence-electron chi connectivity index (χ3n) is 1.03. The van der Waals surface area contributed by atoms with E-state index in [4.69, 9.17) is 0 Å². The average molecular weight is 221 g/mol. The molecule has 0 atom stereocenters. The molecule has 0 unspecified atom stereocenters. The van der Waals surface area contributed by atoms with Gasteiger partial charge in [-0.05, 0) is 24.3 Å². The highest BCUT2D eigenvalue weighted by atomic mass is 79.9. The highest BCUT2D eigenvalue weighted by Gasteiger charge is 1.91. The average Bonchev–Trinajstić information content (AvgIpc) is 1.95. The molecule has 0 aliphatic rings. The predicted octanol–water partition coefficient (Wildman–Crippen LogP) is 3.27. The molecular formula is C7H6BrFS. The molecule has 0 N–H and O–H groups in total. The second kappa shape index (κ2) is 3.98. The van der Waals surface area contributed by atoms with E-state index >= 15 is 0 Å². The Kier molecular flexibility index (Phi) is 3.22. The fraction of sp³-hybridized carbons (Fsp3) is 0.143. The molecule has 0 aromatic heterocycles. The van der Waals surface area contributed by atoms with Gasteiger partial charge in [-0.25, -0.2) is 4.39 Å². The van der Waals surface area contributed by atoms with Crippen LogP contribution in [0, 0.1) is 5.82 Å². The highest BCUT2D eigenvalue weighted by molar-refractivity contribution is 9.11. The van der Waals surface area contributed by atoms with Gasteiger partial charge in [0.15, 0.2) is 0 Å². The van der Waals surface area contributed by atoms with E-state index < -0.39 is 0 Å². The first-order valence-electron chi connectivity index (χ1n) is 2.77. The molecule has 0 saturated heterocycles. The van der Waals surface area contributed by atoms with Crippen molar-refractivity contribution in [3.63, 3.8) is 0 Å². The lowest BCUT2D eigenvalue weighted by molar-refractivity contribution is 0.626. The monoisotopic (exact) mass is 220 g/mol. The summed E-state index contributed by atoms with van der Waals surface area (Å²) >= 11 is 4.91. The second-order valence-electron chi connectivity index (χ2n) is 1.71. The van der Waals surface area contributed by atoms with E-state index in [0.717, 1.165) is 9.56 Å². The maximum absolute atomic E-state index is 12.3. The molecule has 0 saturated carbocycles. The molecule has 0 radical (unpaired) electrons. The van der Waals surface area contributed by atoms with Gasteiger partial charge in [0.1, 0.15) is 5.82 Å². The van der Waals surface area contributed by atoms with Crippen molar-refractivity contribution in [3.8, 4) is 0 Å². The summed E-state index contributed by atoms with van der Waals surface area (Å²) in [5.74, 6) is -0.182. The highest BCUT2D eigenvalue weighted by Crippen LogP contribution is 2.19. The van der Waals surface area contributed by atoms with Gasteiger partial charge in [0.2, 0.25) is 0 Å². The summed E-state index contributed by atoms with van der Waals surface area (Å²) in [4.78, 5) is 1.08. The smallest absolute Gasteiger partial charge is 0.123 e. The first-order chi connectivity index (χ1) is 4.83. The molecule has 1 aromatic carbocycles. The van der Waals surface area contributed by atoms with E-state index in [1.165, 1.54) is 12.1 Å². The predicted molar refractivity (Wildman–Crippen MR) is 46.1 cm³/mol. The van der Waals surface area contributed by atoms with E-state index in [1.54, 1.807) is 23.9 Å². The Morgan fingerprint density at radius 3 is 2.40 bits per heavy atom. The normalized spacial score (nSPS) is 9.80. The van der Waals surface area contributed by atoms with Crippen LogP contribution in [0.3, 0.4) is 0 Å². The summed E-state index contributed by atoms with van der Waals surface area (Å²) in [6, 6.07) is 6.46. The van der Waals surface area contributed by atoms with Crippen LogP contribution in [0.15, 0.2) is 29.2 Å². The first kappa shape index (κ1) is 8.08. The van der Waals surface area contributed by atoms with Crippen LogP contribution in [-0.2, 0) is 0 Å². The lowest BCUT2D eigenvalue weighted by atomic mass is 10.4. The molecule has 0 aliphatic heterocycles. The summed E-state index contributed by atoms with van der Waals surface area (Å²) < 4.78 is 13.2. The number of benzene rings is 1. The summed E-state index contributed by atoms with van der Waals surface area (Å²) in [5.41, 5.74) is 0. The van der Waals surface area contributed by atoms with Gasteiger partial charge in [0.05, 0.1) is 4.66 Å². The summed E-state index contributed by atoms with van der Waals surface area (Å²) in [5, 5.41) is 0. The summed E-state index contributed by atoms with van der Waals surface area (Å²) in [6.45, 7) is 0. The molecule has 1 rings (SSSR count). The molecule has 0 aliphatic carbocycles. The maximum atomic E-state index is 12.3. The van der Waals surface area contributed by atoms with Gasteiger partial charge in [-0.15, -0.1) is 11.8 Å². The minimum atomic E-state index is -0.182. The zero-order valence-electron chi connectivity index (χ0n) is 5.18. The van der Waals surface area contributed by atoms with Crippen molar-refractivity contribution < 1.29 is 4.39 Å². The molecule has 0 spiro atoms. The minimum absolute atomic E-state index is 0.182. The Morgan fingerprint density at radius 1 is 1.30 bits per heavy atom. The SMILES string of the molecule is Fc1ccc(SCBr)cc1. The number of hydrogen-bond donors (Lipinski definition) is 0. The number of rotatable bonds is 2. The Hall–Kier alpha value is -0.0200. The lowest BCUT2D eigenvalue weighted by Gasteiger charge is -1.94. The second-order valence-corrected chi connectivity index (χ2v) is 4.06. The van der Waals surface area contributed by atoms with E-state index in [2.05, 4.69) is 15.9 Å². The number of alkyl halides is 1. The van der Waals surface area contributed by atoms with Crippen LogP contribution in [0.1, 0.15) is 0 Å². The first-order valence-corrected chi connectivity index (χ1v) is 4.88. The Morgan fingerprint density at radius 2 is 1.90 bits per heavy atom. The van der Waals surface area contributed by atoms with Crippen molar-refractivity contribution in [2.24, 2.45) is 0 Å². The van der Waals surface area contributed by atoms with Crippen molar-refractivity contribution in [1.29, 1.82) is 0 Å². The number of halogens is 2. The van der Waals surface area contributed by atoms with Crippen LogP contribution in [0.5, 0.6) is 0 Å². The maximum Gasteiger partial charge on any atom is 0.123 e. The van der Waals surface area contributed by atoms with Gasteiger partial charge < -0.3 is 0 Å². The zero-order valence-corrected chi connectivity index (χ0v) is 7.58. The molecule has 0 fully saturated rings. The Balaban J connectivity index is 2.69. The molecule has 0 nitrogen and oxygen atoms in total. The largest absolute Gasteiger partial charge is 0.207 e. The van der Waals surface area contributed by atoms with Crippen molar-refractivity contribution in [3.05, 3.63) is 30.1 Å². The van der Waals surface area contributed by atoms with Crippen molar-refractivity contribution >= 4 is 27.7 Å². The van der Waals surface area contributed by atoms with E-state index in [-0.39, 0.29) is 5.82 Å². The minimum Gasteiger partial charge on any atom is -0.207 e. The molecule has 1 aromatic rings. The fourth-order valence-electron chi connectivity index (χ4n) is 0.594. The molecule has 0 heterocycles. The van der Waals surface area contributed by atoms with Crippen LogP contribution in [0.25, 0.3) is 0 Å². The molecule has 54 valence electrons. The van der Waals surface area contributed by atoms with Gasteiger partial charge in [0.25, 0.3) is 0 Å². The van der Waals surface area contributed by atoms with Crippen LogP contribution in [-0.4, -0.2) is 4.66 Å². The van der Waals surface area contributed by atoms with Crippen LogP contribution in [0.2, 0.25) is 0 Å². The van der Waals surface area contributed by atoms with Crippen LogP contribution >= 0.6 is 27.7 Å². The number of hydrogen-bond acceptors (Lipinski definition) is 1. The topological polar surface area (TPSA) is 0 Å². The van der Waals surface area contributed by atoms with Gasteiger partial charge in [0, 0.05) is 4.90 Å². The van der Waals surface area contributed by atoms with Gasteiger partial charge >= 0.3 is 0 Å². The van der Waals surface area contributed by atoms with E-state index in [9.17, 15) is 4.39 Å². The molecular weight excluding hydrogens is 215 g/mol. The lowest BCUT2D eigenvalue weighted by Crippen LogP contribution is -1.72. The molecule has 10 heavy (non-hydrogen) atoms. The third kappa shape index (κ3) is 2.31. The molecule has 3 heteroatoms. The number of thioether (sulfide) groups is 1. The third-order valence-corrected chi connectivity index (χ3v) is 2.44. The van der Waals surface area contributed by atoms with Crippen molar-refractivity contribution in [1.82, 2.24) is 0 Å². The van der Waals surface area contributed by atoms with Gasteiger partial charge in [-0.1, -0.05) is 15.9 Å². The quantitative estimate of drug-likeness (QED) is 0.545.